The Balaban J connectivity index is 2.07. The quantitative estimate of drug-likeness (QED) is 0.850. The van der Waals surface area contributed by atoms with Gasteiger partial charge in [0.2, 0.25) is 0 Å². The highest BCUT2D eigenvalue weighted by atomic mass is 79.9. The largest absolute Gasteiger partial charge is 0.481 e. The summed E-state index contributed by atoms with van der Waals surface area (Å²) in [6.07, 6.45) is -0.566. The number of rotatable bonds is 4. The highest BCUT2D eigenvalue weighted by Crippen LogP contribution is 2.23. The van der Waals surface area contributed by atoms with Gasteiger partial charge in [-0.3, -0.25) is 4.79 Å². The molecule has 0 spiro atoms. The third-order valence-corrected chi connectivity index (χ3v) is 4.17. The number of anilines is 1. The van der Waals surface area contributed by atoms with E-state index in [1.807, 2.05) is 57.2 Å². The number of ether oxygens (including phenoxy) is 1. The maximum Gasteiger partial charge on any atom is 0.265 e. The third-order valence-electron chi connectivity index (χ3n) is 3.67. The van der Waals surface area contributed by atoms with Crippen LogP contribution in [-0.4, -0.2) is 12.0 Å². The number of carbonyl (C=O) groups is 1. The lowest BCUT2D eigenvalue weighted by Crippen LogP contribution is -2.30. The van der Waals surface area contributed by atoms with Crippen LogP contribution in [0.3, 0.4) is 0 Å². The predicted molar refractivity (Wildman–Crippen MR) is 93.5 cm³/mol. The van der Waals surface area contributed by atoms with Gasteiger partial charge in [0.25, 0.3) is 5.91 Å². The molecule has 1 atom stereocenters. The molecule has 0 aliphatic heterocycles. The Bertz CT molecular complexity index is 697. The van der Waals surface area contributed by atoms with Crippen LogP contribution in [-0.2, 0) is 4.79 Å². The number of benzene rings is 2. The van der Waals surface area contributed by atoms with E-state index in [4.69, 9.17) is 4.74 Å². The topological polar surface area (TPSA) is 38.3 Å². The van der Waals surface area contributed by atoms with Crippen LogP contribution in [0.4, 0.5) is 5.69 Å². The first-order valence-corrected chi connectivity index (χ1v) is 7.97. The predicted octanol–water partition coefficient (Wildman–Crippen LogP) is 4.78. The molecule has 0 saturated heterocycles. The molecule has 2 aromatic rings. The van der Waals surface area contributed by atoms with Crippen LogP contribution < -0.4 is 10.1 Å². The molecule has 2 aromatic carbocycles. The summed E-state index contributed by atoms with van der Waals surface area (Å²) in [5.41, 5.74) is 4.00. The first kappa shape index (κ1) is 16.6. The number of amides is 1. The van der Waals surface area contributed by atoms with Crippen molar-refractivity contribution in [2.45, 2.75) is 33.8 Å². The Hall–Kier alpha value is -1.81. The van der Waals surface area contributed by atoms with Crippen molar-refractivity contribution < 1.29 is 9.53 Å². The average molecular weight is 362 g/mol. The first-order chi connectivity index (χ1) is 10.4. The Morgan fingerprint density at radius 2 is 1.86 bits per heavy atom. The Morgan fingerprint density at radius 1 is 1.14 bits per heavy atom. The minimum absolute atomic E-state index is 0.161. The SMILES string of the molecule is Cc1cc(Br)ccc1NC(=O)C(C)Oc1cccc(C)c1C. The molecule has 3 nitrogen and oxygen atoms in total. The van der Waals surface area contributed by atoms with Gasteiger partial charge < -0.3 is 10.1 Å². The summed E-state index contributed by atoms with van der Waals surface area (Å²) in [5.74, 6) is 0.585. The number of nitrogens with one attached hydrogen (secondary N) is 1. The van der Waals surface area contributed by atoms with E-state index in [0.717, 1.165) is 32.6 Å². The summed E-state index contributed by atoms with van der Waals surface area (Å²) < 4.78 is 6.79. The van der Waals surface area contributed by atoms with Crippen molar-refractivity contribution in [2.24, 2.45) is 0 Å². The Labute approximate surface area is 139 Å². The number of hydrogen-bond acceptors (Lipinski definition) is 2. The molecule has 1 unspecified atom stereocenters. The van der Waals surface area contributed by atoms with Gasteiger partial charge >= 0.3 is 0 Å². The molecule has 1 N–H and O–H groups in total. The van der Waals surface area contributed by atoms with Gasteiger partial charge in [-0.2, -0.15) is 0 Å². The van der Waals surface area contributed by atoms with E-state index < -0.39 is 6.10 Å². The fourth-order valence-electron chi connectivity index (χ4n) is 2.10. The molecule has 0 saturated carbocycles. The number of hydrogen-bond donors (Lipinski definition) is 1. The highest BCUT2D eigenvalue weighted by Gasteiger charge is 2.17. The van der Waals surface area contributed by atoms with Crippen molar-refractivity contribution in [2.75, 3.05) is 5.32 Å². The molecule has 0 aliphatic carbocycles. The van der Waals surface area contributed by atoms with Crippen molar-refractivity contribution >= 4 is 27.5 Å². The maximum atomic E-state index is 12.3. The molecule has 0 bridgehead atoms. The molecule has 0 fully saturated rings. The summed E-state index contributed by atoms with van der Waals surface area (Å²) in [4.78, 5) is 12.3. The zero-order valence-corrected chi connectivity index (χ0v) is 14.8. The lowest BCUT2D eigenvalue weighted by molar-refractivity contribution is -0.122. The van der Waals surface area contributed by atoms with E-state index in [0.29, 0.717) is 0 Å². The van der Waals surface area contributed by atoms with Gasteiger partial charge in [0.05, 0.1) is 0 Å². The molecule has 0 heterocycles. The van der Waals surface area contributed by atoms with Crippen molar-refractivity contribution in [3.63, 3.8) is 0 Å². The van der Waals surface area contributed by atoms with Gasteiger partial charge in [-0.15, -0.1) is 0 Å². The normalized spacial score (nSPS) is 11.9. The van der Waals surface area contributed by atoms with Gasteiger partial charge in [-0.05, 0) is 68.7 Å². The van der Waals surface area contributed by atoms with Crippen LogP contribution >= 0.6 is 15.9 Å². The van der Waals surface area contributed by atoms with Crippen LogP contribution in [0.5, 0.6) is 5.75 Å². The van der Waals surface area contributed by atoms with Crippen LogP contribution in [0.1, 0.15) is 23.6 Å². The van der Waals surface area contributed by atoms with Crippen LogP contribution in [0.25, 0.3) is 0 Å². The molecule has 0 radical (unpaired) electrons. The molecular formula is C18H20BrNO2. The molecule has 1 amide bonds. The van der Waals surface area contributed by atoms with Crippen molar-refractivity contribution in [1.82, 2.24) is 0 Å². The molecule has 116 valence electrons. The smallest absolute Gasteiger partial charge is 0.265 e. The summed E-state index contributed by atoms with van der Waals surface area (Å²) in [6.45, 7) is 7.73. The summed E-state index contributed by atoms with van der Waals surface area (Å²) >= 11 is 3.41. The van der Waals surface area contributed by atoms with Crippen molar-refractivity contribution in [3.05, 3.63) is 57.6 Å². The number of carbonyl (C=O) groups excluding carboxylic acids is 1. The molecule has 0 aromatic heterocycles. The third kappa shape index (κ3) is 3.89. The van der Waals surface area contributed by atoms with E-state index in [1.165, 1.54) is 0 Å². The van der Waals surface area contributed by atoms with Gasteiger partial charge in [0.15, 0.2) is 6.10 Å². The van der Waals surface area contributed by atoms with E-state index in [-0.39, 0.29) is 5.91 Å². The Kier molecular flexibility index (Phi) is 5.24. The molecule has 0 aliphatic rings. The Morgan fingerprint density at radius 3 is 2.55 bits per heavy atom. The summed E-state index contributed by atoms with van der Waals surface area (Å²) in [6, 6.07) is 11.6. The van der Waals surface area contributed by atoms with Crippen molar-refractivity contribution in [1.29, 1.82) is 0 Å². The highest BCUT2D eigenvalue weighted by molar-refractivity contribution is 9.10. The van der Waals surface area contributed by atoms with Crippen LogP contribution in [0, 0.1) is 20.8 Å². The average Bonchev–Trinajstić information content (AvgIpc) is 2.46. The standard InChI is InChI=1S/C18H20BrNO2/c1-11-6-5-7-17(13(11)3)22-14(4)18(21)20-16-9-8-15(19)10-12(16)2/h5-10,14H,1-4H3,(H,20,21). The second kappa shape index (κ2) is 6.97. The van der Waals surface area contributed by atoms with Gasteiger partial charge in [-0.25, -0.2) is 0 Å². The molecule has 2 rings (SSSR count). The molecular weight excluding hydrogens is 342 g/mol. The second-order valence-electron chi connectivity index (χ2n) is 5.41. The summed E-state index contributed by atoms with van der Waals surface area (Å²) in [7, 11) is 0. The lowest BCUT2D eigenvalue weighted by Gasteiger charge is -2.18. The minimum atomic E-state index is -0.566. The van der Waals surface area contributed by atoms with E-state index >= 15 is 0 Å². The summed E-state index contributed by atoms with van der Waals surface area (Å²) in [5, 5.41) is 2.91. The lowest BCUT2D eigenvalue weighted by atomic mass is 10.1. The van der Waals surface area contributed by atoms with Gasteiger partial charge in [0, 0.05) is 10.2 Å². The van der Waals surface area contributed by atoms with Gasteiger partial charge in [0.1, 0.15) is 5.75 Å². The van der Waals surface area contributed by atoms with E-state index in [1.54, 1.807) is 6.92 Å². The maximum absolute atomic E-state index is 12.3. The number of halogens is 1. The van der Waals surface area contributed by atoms with E-state index in [2.05, 4.69) is 21.2 Å². The molecule has 4 heteroatoms. The van der Waals surface area contributed by atoms with Crippen LogP contribution in [0.15, 0.2) is 40.9 Å². The fourth-order valence-corrected chi connectivity index (χ4v) is 2.57. The molecule has 22 heavy (non-hydrogen) atoms. The number of aryl methyl sites for hydroxylation is 2. The fraction of sp³-hybridized carbons (Fsp3) is 0.278. The van der Waals surface area contributed by atoms with Crippen molar-refractivity contribution in [3.8, 4) is 5.75 Å². The first-order valence-electron chi connectivity index (χ1n) is 7.18. The minimum Gasteiger partial charge on any atom is -0.481 e. The van der Waals surface area contributed by atoms with Crippen LogP contribution in [0.2, 0.25) is 0 Å². The second-order valence-corrected chi connectivity index (χ2v) is 6.32. The monoisotopic (exact) mass is 361 g/mol. The van der Waals surface area contributed by atoms with E-state index in [9.17, 15) is 4.79 Å². The zero-order valence-electron chi connectivity index (χ0n) is 13.2. The van der Waals surface area contributed by atoms with Gasteiger partial charge in [-0.1, -0.05) is 28.1 Å². The zero-order chi connectivity index (χ0) is 16.3.